The van der Waals surface area contributed by atoms with Crippen LogP contribution in [0.4, 0.5) is 11.9 Å². The van der Waals surface area contributed by atoms with Gasteiger partial charge >= 0.3 is 0 Å². The number of hydrogen-bond acceptors (Lipinski definition) is 5. The predicted octanol–water partition coefficient (Wildman–Crippen LogP) is 3.25. The van der Waals surface area contributed by atoms with Gasteiger partial charge in [-0.1, -0.05) is 29.8 Å². The SMILES string of the molecule is Nc1nc2n(n1)C(c1ccco1)CC(c1ccccc1Cl)N2. The van der Waals surface area contributed by atoms with Gasteiger partial charge in [-0.2, -0.15) is 4.98 Å². The van der Waals surface area contributed by atoms with Crippen LogP contribution in [0.3, 0.4) is 0 Å². The second-order valence-electron chi connectivity index (χ2n) is 5.22. The van der Waals surface area contributed by atoms with Crippen molar-refractivity contribution in [2.45, 2.75) is 18.5 Å². The summed E-state index contributed by atoms with van der Waals surface area (Å²) in [6.45, 7) is 0. The van der Waals surface area contributed by atoms with Crippen molar-refractivity contribution in [1.82, 2.24) is 14.8 Å². The molecule has 1 aliphatic heterocycles. The number of nitrogens with two attached hydrogens (primary N) is 1. The van der Waals surface area contributed by atoms with Crippen LogP contribution in [-0.4, -0.2) is 14.8 Å². The number of furan rings is 1. The van der Waals surface area contributed by atoms with E-state index in [2.05, 4.69) is 15.4 Å². The minimum absolute atomic E-state index is 0.0138. The molecule has 2 aromatic heterocycles. The summed E-state index contributed by atoms with van der Waals surface area (Å²) in [5.41, 5.74) is 6.77. The fourth-order valence-electron chi connectivity index (χ4n) is 2.87. The van der Waals surface area contributed by atoms with E-state index in [0.29, 0.717) is 5.95 Å². The molecule has 0 amide bonds. The molecule has 1 aliphatic rings. The highest BCUT2D eigenvalue weighted by molar-refractivity contribution is 6.31. The number of aromatic nitrogens is 3. The van der Waals surface area contributed by atoms with Gasteiger partial charge in [0.25, 0.3) is 0 Å². The number of halogens is 1. The van der Waals surface area contributed by atoms with Gasteiger partial charge < -0.3 is 15.5 Å². The van der Waals surface area contributed by atoms with Crippen LogP contribution in [0.5, 0.6) is 0 Å². The van der Waals surface area contributed by atoms with E-state index >= 15 is 0 Å². The number of benzene rings is 1. The molecule has 22 heavy (non-hydrogen) atoms. The summed E-state index contributed by atoms with van der Waals surface area (Å²) in [6.07, 6.45) is 2.40. The first-order valence-corrected chi connectivity index (χ1v) is 7.36. The maximum atomic E-state index is 6.33. The average molecular weight is 316 g/mol. The number of nitrogens with zero attached hydrogens (tertiary/aromatic N) is 3. The van der Waals surface area contributed by atoms with Crippen LogP contribution >= 0.6 is 11.6 Å². The highest BCUT2D eigenvalue weighted by Gasteiger charge is 2.33. The molecule has 1 aromatic carbocycles. The van der Waals surface area contributed by atoms with E-state index < -0.39 is 0 Å². The molecule has 0 bridgehead atoms. The second-order valence-corrected chi connectivity index (χ2v) is 5.63. The highest BCUT2D eigenvalue weighted by Crippen LogP contribution is 2.39. The van der Waals surface area contributed by atoms with Gasteiger partial charge in [-0.3, -0.25) is 0 Å². The van der Waals surface area contributed by atoms with E-state index in [0.717, 1.165) is 22.8 Å². The van der Waals surface area contributed by atoms with Crippen molar-refractivity contribution in [1.29, 1.82) is 0 Å². The minimum atomic E-state index is -0.0719. The maximum absolute atomic E-state index is 6.33. The van der Waals surface area contributed by atoms with Crippen LogP contribution < -0.4 is 11.1 Å². The van der Waals surface area contributed by atoms with Crippen LogP contribution in [0.2, 0.25) is 5.02 Å². The molecular formula is C15H14ClN5O. The topological polar surface area (TPSA) is 81.9 Å². The van der Waals surface area contributed by atoms with Crippen molar-refractivity contribution in [2.75, 3.05) is 11.1 Å². The molecule has 2 unspecified atom stereocenters. The van der Waals surface area contributed by atoms with Gasteiger partial charge in [0.2, 0.25) is 11.9 Å². The van der Waals surface area contributed by atoms with Crippen LogP contribution in [0.25, 0.3) is 0 Å². The first kappa shape index (κ1) is 13.2. The summed E-state index contributed by atoms with van der Waals surface area (Å²) >= 11 is 6.33. The second kappa shape index (κ2) is 5.06. The summed E-state index contributed by atoms with van der Waals surface area (Å²) in [5.74, 6) is 1.68. The molecule has 7 heteroatoms. The van der Waals surface area contributed by atoms with E-state index in [1.165, 1.54) is 0 Å². The largest absolute Gasteiger partial charge is 0.467 e. The van der Waals surface area contributed by atoms with Gasteiger partial charge in [0.15, 0.2) is 0 Å². The zero-order valence-corrected chi connectivity index (χ0v) is 12.4. The number of nitrogen functional groups attached to an aromatic ring is 1. The number of hydrogen-bond donors (Lipinski definition) is 2. The van der Waals surface area contributed by atoms with Crippen molar-refractivity contribution in [3.05, 3.63) is 59.0 Å². The van der Waals surface area contributed by atoms with Gasteiger partial charge in [-0.15, -0.1) is 5.10 Å². The zero-order chi connectivity index (χ0) is 15.1. The third kappa shape index (κ3) is 2.12. The Labute approximate surface area is 131 Å². The van der Waals surface area contributed by atoms with E-state index in [9.17, 15) is 0 Å². The molecule has 6 nitrogen and oxygen atoms in total. The lowest BCUT2D eigenvalue weighted by Crippen LogP contribution is -2.28. The molecule has 0 aliphatic carbocycles. The standard InChI is InChI=1S/C15H14ClN5O/c16-10-5-2-1-4-9(10)11-8-12(13-6-3-7-22-13)21-15(18-11)19-14(17)20-21/h1-7,11-12H,8H2,(H3,17,18,19,20). The van der Waals surface area contributed by atoms with E-state index in [1.807, 2.05) is 36.4 Å². The van der Waals surface area contributed by atoms with E-state index in [-0.39, 0.29) is 18.0 Å². The van der Waals surface area contributed by atoms with E-state index in [1.54, 1.807) is 10.9 Å². The van der Waals surface area contributed by atoms with Crippen LogP contribution in [-0.2, 0) is 0 Å². The molecule has 3 N–H and O–H groups in total. The summed E-state index contributed by atoms with van der Waals surface area (Å²) in [5, 5.41) is 8.34. The summed E-state index contributed by atoms with van der Waals surface area (Å²) < 4.78 is 7.33. The van der Waals surface area contributed by atoms with Crippen molar-refractivity contribution in [2.24, 2.45) is 0 Å². The normalized spacial score (nSPS) is 20.4. The molecule has 2 atom stereocenters. The Morgan fingerprint density at radius 1 is 1.27 bits per heavy atom. The minimum Gasteiger partial charge on any atom is -0.467 e. The summed E-state index contributed by atoms with van der Waals surface area (Å²) in [6, 6.07) is 11.5. The van der Waals surface area contributed by atoms with Gasteiger partial charge in [-0.25, -0.2) is 4.68 Å². The van der Waals surface area contributed by atoms with Crippen molar-refractivity contribution in [3.8, 4) is 0 Å². The van der Waals surface area contributed by atoms with Gasteiger partial charge in [0, 0.05) is 11.4 Å². The van der Waals surface area contributed by atoms with Crippen molar-refractivity contribution >= 4 is 23.5 Å². The smallest absolute Gasteiger partial charge is 0.241 e. The fraction of sp³-hybridized carbons (Fsp3) is 0.200. The lowest BCUT2D eigenvalue weighted by atomic mass is 9.96. The molecule has 3 heterocycles. The molecule has 0 saturated heterocycles. The van der Waals surface area contributed by atoms with Crippen molar-refractivity contribution < 1.29 is 4.42 Å². The zero-order valence-electron chi connectivity index (χ0n) is 11.6. The number of rotatable bonds is 2. The molecule has 3 aromatic rings. The molecule has 112 valence electrons. The average Bonchev–Trinajstić information content (AvgIpc) is 3.14. The Hall–Kier alpha value is -2.47. The van der Waals surface area contributed by atoms with Gasteiger partial charge in [-0.05, 0) is 23.8 Å². The Morgan fingerprint density at radius 3 is 2.91 bits per heavy atom. The summed E-state index contributed by atoms with van der Waals surface area (Å²) in [7, 11) is 0. The van der Waals surface area contributed by atoms with Crippen LogP contribution in [0.15, 0.2) is 47.1 Å². The number of fused-ring (bicyclic) bond motifs is 1. The Morgan fingerprint density at radius 2 is 2.14 bits per heavy atom. The molecule has 0 fully saturated rings. The van der Waals surface area contributed by atoms with Crippen LogP contribution in [0, 0.1) is 0 Å². The molecular weight excluding hydrogens is 302 g/mol. The van der Waals surface area contributed by atoms with Gasteiger partial charge in [0.1, 0.15) is 11.8 Å². The number of nitrogens with one attached hydrogen (secondary N) is 1. The lowest BCUT2D eigenvalue weighted by Gasteiger charge is -2.30. The Kier molecular flexibility index (Phi) is 3.04. The molecule has 0 spiro atoms. The first-order valence-electron chi connectivity index (χ1n) is 6.99. The van der Waals surface area contributed by atoms with Crippen LogP contribution in [0.1, 0.15) is 29.8 Å². The summed E-state index contributed by atoms with van der Waals surface area (Å²) in [4.78, 5) is 4.25. The highest BCUT2D eigenvalue weighted by atomic mass is 35.5. The van der Waals surface area contributed by atoms with E-state index in [4.69, 9.17) is 21.8 Å². The van der Waals surface area contributed by atoms with Gasteiger partial charge in [0.05, 0.1) is 12.3 Å². The molecule has 0 radical (unpaired) electrons. The fourth-order valence-corrected chi connectivity index (χ4v) is 3.14. The first-order chi connectivity index (χ1) is 10.7. The quantitative estimate of drug-likeness (QED) is 0.758. The van der Waals surface area contributed by atoms with Crippen molar-refractivity contribution in [3.63, 3.8) is 0 Å². The third-order valence-electron chi connectivity index (χ3n) is 3.86. The maximum Gasteiger partial charge on any atom is 0.241 e. The number of anilines is 2. The monoisotopic (exact) mass is 315 g/mol. The Balaban J connectivity index is 1.78. The molecule has 4 rings (SSSR count). The lowest BCUT2D eigenvalue weighted by molar-refractivity contribution is 0.359. The third-order valence-corrected chi connectivity index (χ3v) is 4.20. The molecule has 0 saturated carbocycles. The predicted molar refractivity (Wildman–Crippen MR) is 83.7 cm³/mol. The Bertz CT molecular complexity index is 798.